The molecule has 4 rings (SSSR count). The van der Waals surface area contributed by atoms with Crippen molar-refractivity contribution in [2.24, 2.45) is 0 Å². The van der Waals surface area contributed by atoms with Crippen molar-refractivity contribution in [3.8, 4) is 11.5 Å². The molecule has 0 bridgehead atoms. The van der Waals surface area contributed by atoms with Crippen molar-refractivity contribution in [3.63, 3.8) is 0 Å². The molecular formula is C25H32N2O5. The summed E-state index contributed by atoms with van der Waals surface area (Å²) < 4.78 is 16.8. The quantitative estimate of drug-likeness (QED) is 0.689. The van der Waals surface area contributed by atoms with Gasteiger partial charge in [-0.15, -0.1) is 0 Å². The first kappa shape index (κ1) is 22.6. The molecule has 2 aromatic carbocycles. The standard InChI is InChI=1S/C25H32N2O5/c1-30-18-10-8-17(9-11-18)25(29)26-21-16-22(32-20-6-4-3-5-7-20)24(28)23(21)27-14-12-19(31-2)13-15-27/h3-11,19,21-24,28H,12-16H2,1-2H3,(H,26,29)/t21-,22-,23+,24+/m1/s1. The van der Waals surface area contributed by atoms with Crippen LogP contribution in [0.2, 0.25) is 0 Å². The van der Waals surface area contributed by atoms with Gasteiger partial charge in [-0.1, -0.05) is 18.2 Å². The smallest absolute Gasteiger partial charge is 0.251 e. The van der Waals surface area contributed by atoms with Crippen LogP contribution in [0.4, 0.5) is 0 Å². The average molecular weight is 441 g/mol. The third kappa shape index (κ3) is 5.06. The summed E-state index contributed by atoms with van der Waals surface area (Å²) in [6.07, 6.45) is 1.48. The summed E-state index contributed by atoms with van der Waals surface area (Å²) in [4.78, 5) is 15.3. The number of carbonyl (C=O) groups is 1. The van der Waals surface area contributed by atoms with E-state index in [1.54, 1.807) is 38.5 Å². The van der Waals surface area contributed by atoms with Crippen LogP contribution in [0, 0.1) is 0 Å². The van der Waals surface area contributed by atoms with E-state index in [2.05, 4.69) is 10.2 Å². The van der Waals surface area contributed by atoms with E-state index in [1.165, 1.54) is 0 Å². The fourth-order valence-electron chi connectivity index (χ4n) is 4.80. The average Bonchev–Trinajstić information content (AvgIpc) is 3.14. The third-order valence-electron chi connectivity index (χ3n) is 6.56. The molecule has 2 N–H and O–H groups in total. The topological polar surface area (TPSA) is 80.3 Å². The van der Waals surface area contributed by atoms with Crippen molar-refractivity contribution >= 4 is 5.91 Å². The number of rotatable bonds is 7. The van der Waals surface area contributed by atoms with E-state index in [0.29, 0.717) is 17.7 Å². The SMILES string of the molecule is COc1ccc(C(=O)N[C@@H]2C[C@@H](Oc3ccccc3)[C@H](O)[C@H]2N2CCC(OC)CC2)cc1. The van der Waals surface area contributed by atoms with Crippen molar-refractivity contribution in [2.45, 2.75) is 49.7 Å². The summed E-state index contributed by atoms with van der Waals surface area (Å²) in [5.74, 6) is 1.26. The lowest BCUT2D eigenvalue weighted by Gasteiger charge is -2.39. The van der Waals surface area contributed by atoms with Gasteiger partial charge in [0.05, 0.1) is 25.3 Å². The molecule has 1 saturated carbocycles. The molecule has 172 valence electrons. The molecule has 7 heteroatoms. The monoisotopic (exact) mass is 440 g/mol. The zero-order chi connectivity index (χ0) is 22.5. The summed E-state index contributed by atoms with van der Waals surface area (Å²) in [7, 11) is 3.34. The molecule has 1 heterocycles. The number of carbonyl (C=O) groups excluding carboxylic acids is 1. The zero-order valence-electron chi connectivity index (χ0n) is 18.6. The number of hydrogen-bond donors (Lipinski definition) is 2. The van der Waals surface area contributed by atoms with Crippen LogP contribution in [0.5, 0.6) is 11.5 Å². The van der Waals surface area contributed by atoms with Gasteiger partial charge in [0.15, 0.2) is 0 Å². The van der Waals surface area contributed by atoms with Gasteiger partial charge >= 0.3 is 0 Å². The Morgan fingerprint density at radius 3 is 2.31 bits per heavy atom. The summed E-state index contributed by atoms with van der Waals surface area (Å²) in [6.45, 7) is 1.63. The Kier molecular flexibility index (Phi) is 7.29. The van der Waals surface area contributed by atoms with Gasteiger partial charge in [0.2, 0.25) is 0 Å². The second kappa shape index (κ2) is 10.3. The highest BCUT2D eigenvalue weighted by molar-refractivity contribution is 5.94. The van der Waals surface area contributed by atoms with Crippen molar-refractivity contribution in [1.29, 1.82) is 0 Å². The Labute approximate surface area is 189 Å². The number of para-hydroxylation sites is 1. The normalized spacial score (nSPS) is 26.6. The molecule has 1 aliphatic heterocycles. The maximum atomic E-state index is 13.0. The molecule has 7 nitrogen and oxygen atoms in total. The van der Waals surface area contributed by atoms with E-state index < -0.39 is 12.2 Å². The lowest BCUT2D eigenvalue weighted by atomic mass is 10.0. The molecule has 4 atom stereocenters. The van der Waals surface area contributed by atoms with E-state index in [4.69, 9.17) is 14.2 Å². The number of methoxy groups -OCH3 is 2. The lowest BCUT2D eigenvalue weighted by molar-refractivity contribution is -0.0228. The van der Waals surface area contributed by atoms with E-state index in [0.717, 1.165) is 31.7 Å². The Balaban J connectivity index is 1.50. The highest BCUT2D eigenvalue weighted by Gasteiger charge is 2.48. The number of likely N-dealkylation sites (tertiary alicyclic amines) is 1. The van der Waals surface area contributed by atoms with Gasteiger partial charge in [0.25, 0.3) is 5.91 Å². The Morgan fingerprint density at radius 1 is 1.00 bits per heavy atom. The second-order valence-electron chi connectivity index (χ2n) is 8.47. The molecule has 1 amide bonds. The summed E-state index contributed by atoms with van der Waals surface area (Å²) >= 11 is 0. The molecule has 1 saturated heterocycles. The second-order valence-corrected chi connectivity index (χ2v) is 8.47. The number of benzene rings is 2. The van der Waals surface area contributed by atoms with Gasteiger partial charge in [-0.25, -0.2) is 0 Å². The number of nitrogens with zero attached hydrogens (tertiary/aromatic N) is 1. The van der Waals surface area contributed by atoms with Crippen molar-refractivity contribution in [3.05, 3.63) is 60.2 Å². The minimum atomic E-state index is -0.713. The maximum absolute atomic E-state index is 13.0. The minimum absolute atomic E-state index is 0.165. The predicted octanol–water partition coefficient (Wildman–Crippen LogP) is 2.49. The molecule has 1 aliphatic carbocycles. The Hall–Kier alpha value is -2.61. The van der Waals surface area contributed by atoms with Crippen LogP contribution in [-0.4, -0.2) is 73.6 Å². The van der Waals surface area contributed by atoms with Crippen LogP contribution in [0.3, 0.4) is 0 Å². The van der Waals surface area contributed by atoms with Gasteiger partial charge in [-0.2, -0.15) is 0 Å². The number of hydrogen-bond acceptors (Lipinski definition) is 6. The molecule has 2 aliphatic rings. The molecule has 0 radical (unpaired) electrons. The molecule has 0 spiro atoms. The maximum Gasteiger partial charge on any atom is 0.251 e. The number of aliphatic hydroxyl groups excluding tert-OH is 1. The van der Waals surface area contributed by atoms with Gasteiger partial charge < -0.3 is 24.6 Å². The van der Waals surface area contributed by atoms with Crippen LogP contribution >= 0.6 is 0 Å². The van der Waals surface area contributed by atoms with Crippen molar-refractivity contribution < 1.29 is 24.1 Å². The van der Waals surface area contributed by atoms with Gasteiger partial charge in [0.1, 0.15) is 23.7 Å². The van der Waals surface area contributed by atoms with Crippen LogP contribution < -0.4 is 14.8 Å². The minimum Gasteiger partial charge on any atom is -0.497 e. The van der Waals surface area contributed by atoms with E-state index >= 15 is 0 Å². The fraction of sp³-hybridized carbons (Fsp3) is 0.480. The first-order chi connectivity index (χ1) is 15.6. The van der Waals surface area contributed by atoms with Gasteiger partial charge in [-0.3, -0.25) is 9.69 Å². The molecule has 0 aromatic heterocycles. The largest absolute Gasteiger partial charge is 0.497 e. The summed E-state index contributed by atoms with van der Waals surface area (Å²) in [6, 6.07) is 16.1. The third-order valence-corrected chi connectivity index (χ3v) is 6.56. The predicted molar refractivity (Wildman–Crippen MR) is 121 cm³/mol. The van der Waals surface area contributed by atoms with Crippen molar-refractivity contribution in [1.82, 2.24) is 10.2 Å². The molecular weight excluding hydrogens is 408 g/mol. The van der Waals surface area contributed by atoms with Gasteiger partial charge in [-0.05, 0) is 49.2 Å². The number of aliphatic hydroxyl groups is 1. The zero-order valence-corrected chi connectivity index (χ0v) is 18.6. The van der Waals surface area contributed by atoms with E-state index in [1.807, 2.05) is 30.3 Å². The number of nitrogens with one attached hydrogen (secondary N) is 1. The fourth-order valence-corrected chi connectivity index (χ4v) is 4.80. The molecule has 2 aromatic rings. The molecule has 0 unspecified atom stereocenters. The number of amides is 1. The number of piperidine rings is 1. The molecule has 2 fully saturated rings. The van der Waals surface area contributed by atoms with E-state index in [9.17, 15) is 9.90 Å². The highest BCUT2D eigenvalue weighted by atomic mass is 16.5. The van der Waals surface area contributed by atoms with Crippen LogP contribution in [0.25, 0.3) is 0 Å². The Morgan fingerprint density at radius 2 is 1.69 bits per heavy atom. The Bertz CT molecular complexity index is 868. The van der Waals surface area contributed by atoms with Crippen LogP contribution in [-0.2, 0) is 4.74 Å². The molecule has 32 heavy (non-hydrogen) atoms. The van der Waals surface area contributed by atoms with Crippen LogP contribution in [0.1, 0.15) is 29.6 Å². The van der Waals surface area contributed by atoms with Crippen molar-refractivity contribution in [2.75, 3.05) is 27.3 Å². The first-order valence-electron chi connectivity index (χ1n) is 11.2. The first-order valence-corrected chi connectivity index (χ1v) is 11.2. The summed E-state index contributed by atoms with van der Waals surface area (Å²) in [5, 5.41) is 14.4. The lowest BCUT2D eigenvalue weighted by Crippen LogP contribution is -2.56. The van der Waals surface area contributed by atoms with E-state index in [-0.39, 0.29) is 24.1 Å². The van der Waals surface area contributed by atoms with Crippen LogP contribution in [0.15, 0.2) is 54.6 Å². The highest BCUT2D eigenvalue weighted by Crippen LogP contribution is 2.31. The van der Waals surface area contributed by atoms with Gasteiger partial charge in [0, 0.05) is 32.2 Å². The number of ether oxygens (including phenoxy) is 3. The summed E-state index contributed by atoms with van der Waals surface area (Å²) in [5.41, 5.74) is 0.560.